The zero-order valence-electron chi connectivity index (χ0n) is 26.0. The van der Waals surface area contributed by atoms with E-state index in [0.717, 1.165) is 64.2 Å². The van der Waals surface area contributed by atoms with Gasteiger partial charge in [-0.1, -0.05) is 109 Å². The number of nitrogens with one attached hydrogen (secondary N) is 1. The zero-order chi connectivity index (χ0) is 30.4. The summed E-state index contributed by atoms with van der Waals surface area (Å²) < 4.78 is 26.6. The molecule has 0 saturated heterocycles. The highest BCUT2D eigenvalue weighted by molar-refractivity contribution is 7.47. The number of hydrogen-bond acceptors (Lipinski definition) is 7. The average Bonchev–Trinajstić information content (AvgIpc) is 2.95. The largest absolute Gasteiger partial charge is 0.472 e. The molecule has 0 rings (SSSR count). The van der Waals surface area contributed by atoms with Gasteiger partial charge in [-0.25, -0.2) is 4.57 Å². The molecule has 9 nitrogen and oxygen atoms in total. The van der Waals surface area contributed by atoms with E-state index in [9.17, 15) is 24.2 Å². The molecule has 0 aromatic carbocycles. The summed E-state index contributed by atoms with van der Waals surface area (Å²) in [5, 5.41) is 12.6. The minimum Gasteiger partial charge on any atom is -0.463 e. The number of ether oxygens (including phenoxy) is 1. The van der Waals surface area contributed by atoms with Crippen molar-refractivity contribution in [2.24, 2.45) is 0 Å². The van der Waals surface area contributed by atoms with Crippen molar-refractivity contribution < 1.29 is 37.9 Å². The van der Waals surface area contributed by atoms with Crippen LogP contribution in [0.2, 0.25) is 0 Å². The SMILES string of the molecule is CCC/C=C\CCCCCCCC(=O)OCC(O)COP(=O)(O)OCCNC(=O)CCCCCCCCCCCC. The molecule has 10 heteroatoms. The van der Waals surface area contributed by atoms with E-state index in [-0.39, 0.29) is 32.1 Å². The van der Waals surface area contributed by atoms with Crippen LogP contribution >= 0.6 is 7.82 Å². The molecule has 0 fully saturated rings. The Hall–Kier alpha value is -1.25. The van der Waals surface area contributed by atoms with Gasteiger partial charge in [0.2, 0.25) is 5.91 Å². The van der Waals surface area contributed by atoms with E-state index in [2.05, 4.69) is 31.3 Å². The summed E-state index contributed by atoms with van der Waals surface area (Å²) in [5.41, 5.74) is 0. The molecule has 0 aromatic rings. The minimum absolute atomic E-state index is 0.0840. The Labute approximate surface area is 249 Å². The van der Waals surface area contributed by atoms with E-state index in [4.69, 9.17) is 13.8 Å². The lowest BCUT2D eigenvalue weighted by Crippen LogP contribution is -2.27. The minimum atomic E-state index is -4.40. The lowest BCUT2D eigenvalue weighted by Gasteiger charge is -2.15. The lowest BCUT2D eigenvalue weighted by atomic mass is 10.1. The molecule has 0 aliphatic rings. The fourth-order valence-electron chi connectivity index (χ4n) is 4.20. The van der Waals surface area contributed by atoms with Crippen LogP contribution in [-0.2, 0) is 27.9 Å². The molecule has 242 valence electrons. The molecule has 0 aliphatic carbocycles. The third-order valence-corrected chi connectivity index (χ3v) is 7.66. The Morgan fingerprint density at radius 2 is 1.29 bits per heavy atom. The first-order valence-electron chi connectivity index (χ1n) is 16.2. The number of carbonyl (C=O) groups is 2. The van der Waals surface area contributed by atoms with Crippen molar-refractivity contribution in [3.05, 3.63) is 12.2 Å². The van der Waals surface area contributed by atoms with Crippen molar-refractivity contribution in [3.8, 4) is 0 Å². The summed E-state index contributed by atoms with van der Waals surface area (Å²) in [4.78, 5) is 33.5. The summed E-state index contributed by atoms with van der Waals surface area (Å²) in [6, 6.07) is 0. The van der Waals surface area contributed by atoms with Gasteiger partial charge in [0.15, 0.2) is 0 Å². The molecule has 3 N–H and O–H groups in total. The first-order valence-corrected chi connectivity index (χ1v) is 17.7. The number of phosphoric acid groups is 1. The van der Waals surface area contributed by atoms with Gasteiger partial charge in [0.25, 0.3) is 0 Å². The van der Waals surface area contributed by atoms with Crippen LogP contribution in [0.1, 0.15) is 142 Å². The molecular weight excluding hydrogens is 545 g/mol. The van der Waals surface area contributed by atoms with E-state index >= 15 is 0 Å². The van der Waals surface area contributed by atoms with Crippen LogP contribution in [-0.4, -0.2) is 54.3 Å². The number of rotatable bonds is 30. The highest BCUT2D eigenvalue weighted by Crippen LogP contribution is 2.42. The Balaban J connectivity index is 3.67. The molecule has 0 aromatic heterocycles. The number of unbranched alkanes of at least 4 members (excludes halogenated alkanes) is 15. The molecule has 2 atom stereocenters. The summed E-state index contributed by atoms with van der Waals surface area (Å²) in [5.74, 6) is -0.530. The van der Waals surface area contributed by atoms with Crippen molar-refractivity contribution in [3.63, 3.8) is 0 Å². The number of allylic oxidation sites excluding steroid dienone is 2. The van der Waals surface area contributed by atoms with Crippen LogP contribution in [0, 0.1) is 0 Å². The van der Waals surface area contributed by atoms with Gasteiger partial charge in [0, 0.05) is 19.4 Å². The van der Waals surface area contributed by atoms with Crippen molar-refractivity contribution in [1.29, 1.82) is 0 Å². The van der Waals surface area contributed by atoms with Gasteiger partial charge in [-0.3, -0.25) is 18.6 Å². The molecule has 0 bridgehead atoms. The van der Waals surface area contributed by atoms with Crippen molar-refractivity contribution in [2.75, 3.05) is 26.4 Å². The monoisotopic (exact) mass is 605 g/mol. The maximum atomic E-state index is 12.0. The quantitative estimate of drug-likeness (QED) is 0.0331. The highest BCUT2D eigenvalue weighted by atomic mass is 31.2. The van der Waals surface area contributed by atoms with Gasteiger partial charge in [-0.2, -0.15) is 0 Å². The van der Waals surface area contributed by atoms with E-state index < -0.39 is 26.5 Å². The number of hydrogen-bond donors (Lipinski definition) is 3. The van der Waals surface area contributed by atoms with Crippen molar-refractivity contribution in [2.45, 2.75) is 148 Å². The van der Waals surface area contributed by atoms with Crippen LogP contribution < -0.4 is 5.32 Å². The maximum absolute atomic E-state index is 12.0. The standard InChI is InChI=1S/C31H60NO8P/c1-3-5-7-9-11-13-15-17-19-21-23-30(34)32-25-26-39-41(36,37)40-28-29(33)27-38-31(35)24-22-20-18-16-14-12-10-8-6-4-2/h8,10,29,33H,3-7,9,11-28H2,1-2H3,(H,32,34)(H,36,37)/b10-8-. The van der Waals surface area contributed by atoms with Crippen molar-refractivity contribution in [1.82, 2.24) is 5.32 Å². The van der Waals surface area contributed by atoms with Crippen molar-refractivity contribution >= 4 is 19.7 Å². The summed E-state index contributed by atoms with van der Waals surface area (Å²) in [7, 11) is -4.40. The summed E-state index contributed by atoms with van der Waals surface area (Å²) in [6.45, 7) is 3.44. The Kier molecular flexibility index (Phi) is 28.0. The van der Waals surface area contributed by atoms with E-state index in [1.165, 1.54) is 51.4 Å². The van der Waals surface area contributed by atoms with Crippen LogP contribution in [0.25, 0.3) is 0 Å². The highest BCUT2D eigenvalue weighted by Gasteiger charge is 2.23. The molecule has 1 amide bonds. The smallest absolute Gasteiger partial charge is 0.463 e. The Morgan fingerprint density at radius 3 is 1.93 bits per heavy atom. The molecule has 0 aliphatic heterocycles. The normalized spacial score (nSPS) is 13.8. The van der Waals surface area contributed by atoms with Crippen LogP contribution in [0.4, 0.5) is 0 Å². The fourth-order valence-corrected chi connectivity index (χ4v) is 4.96. The van der Waals surface area contributed by atoms with Gasteiger partial charge in [0.1, 0.15) is 12.7 Å². The van der Waals surface area contributed by atoms with Crippen LogP contribution in [0.3, 0.4) is 0 Å². The van der Waals surface area contributed by atoms with Gasteiger partial charge < -0.3 is 20.1 Å². The topological polar surface area (TPSA) is 131 Å². The summed E-state index contributed by atoms with van der Waals surface area (Å²) in [6.07, 6.45) is 24.3. The molecule has 0 heterocycles. The third kappa shape index (κ3) is 30.0. The van der Waals surface area contributed by atoms with E-state index in [1.54, 1.807) is 0 Å². The maximum Gasteiger partial charge on any atom is 0.472 e. The van der Waals surface area contributed by atoms with Gasteiger partial charge in [-0.05, 0) is 32.1 Å². The molecular formula is C31H60NO8P. The lowest BCUT2D eigenvalue weighted by molar-refractivity contribution is -0.147. The number of aliphatic hydroxyl groups excluding tert-OH is 1. The zero-order valence-corrected chi connectivity index (χ0v) is 26.9. The number of carbonyl (C=O) groups excluding carboxylic acids is 2. The van der Waals surface area contributed by atoms with Gasteiger partial charge >= 0.3 is 13.8 Å². The molecule has 2 unspecified atom stereocenters. The van der Waals surface area contributed by atoms with Crippen LogP contribution in [0.5, 0.6) is 0 Å². The number of esters is 1. The second kappa shape index (κ2) is 28.9. The second-order valence-electron chi connectivity index (χ2n) is 10.8. The summed E-state index contributed by atoms with van der Waals surface area (Å²) >= 11 is 0. The first-order chi connectivity index (χ1) is 19.8. The molecule has 41 heavy (non-hydrogen) atoms. The second-order valence-corrected chi connectivity index (χ2v) is 12.2. The van der Waals surface area contributed by atoms with Gasteiger partial charge in [-0.15, -0.1) is 0 Å². The number of phosphoric ester groups is 1. The Morgan fingerprint density at radius 1 is 0.732 bits per heavy atom. The van der Waals surface area contributed by atoms with E-state index in [0.29, 0.717) is 6.42 Å². The number of amides is 1. The van der Waals surface area contributed by atoms with Crippen LogP contribution in [0.15, 0.2) is 12.2 Å². The molecule has 0 spiro atoms. The van der Waals surface area contributed by atoms with E-state index in [1.807, 2.05) is 0 Å². The number of aliphatic hydroxyl groups is 1. The first kappa shape index (κ1) is 39.8. The third-order valence-electron chi connectivity index (χ3n) is 6.68. The average molecular weight is 606 g/mol. The molecule has 0 saturated carbocycles. The van der Waals surface area contributed by atoms with Gasteiger partial charge in [0.05, 0.1) is 13.2 Å². The predicted molar refractivity (Wildman–Crippen MR) is 165 cm³/mol. The predicted octanol–water partition coefficient (Wildman–Crippen LogP) is 7.54. The Bertz CT molecular complexity index is 704. The molecule has 0 radical (unpaired) electrons. The fraction of sp³-hybridized carbons (Fsp3) is 0.871.